The van der Waals surface area contributed by atoms with Crippen LogP contribution >= 0.6 is 0 Å². The first-order valence-electron chi connectivity index (χ1n) is 10.2. The summed E-state index contributed by atoms with van der Waals surface area (Å²) in [6, 6.07) is -0.575. The van der Waals surface area contributed by atoms with Crippen molar-refractivity contribution in [3.63, 3.8) is 0 Å². The van der Waals surface area contributed by atoms with E-state index < -0.39 is 17.5 Å². The van der Waals surface area contributed by atoms with E-state index >= 15 is 0 Å². The standard InChI is InChI=1S/C20H26N4O3/c25-16(23-15-2-1-3-21-18(15)27)14-10-22-19(24-17(14)26)20-7-11-4-12(8-20)6-13(5-11)9-20/h10-13,15H,1-9H2,(H,21,27)(H,23,25)(H,22,24,26)/t11?,12?,13?,15-,20?/m1/s1. The number of piperidine rings is 1. The minimum Gasteiger partial charge on any atom is -0.354 e. The molecule has 0 spiro atoms. The summed E-state index contributed by atoms with van der Waals surface area (Å²) in [5, 5.41) is 5.40. The molecule has 1 saturated heterocycles. The largest absolute Gasteiger partial charge is 0.354 e. The van der Waals surface area contributed by atoms with Crippen LogP contribution in [-0.4, -0.2) is 34.4 Å². The van der Waals surface area contributed by atoms with Crippen molar-refractivity contribution in [1.82, 2.24) is 20.6 Å². The van der Waals surface area contributed by atoms with Gasteiger partial charge < -0.3 is 15.6 Å². The fourth-order valence-electron chi connectivity index (χ4n) is 6.37. The summed E-state index contributed by atoms with van der Waals surface area (Å²) in [4.78, 5) is 44.4. The van der Waals surface area contributed by atoms with Crippen molar-refractivity contribution >= 4 is 11.8 Å². The number of nitrogens with zero attached hydrogens (tertiary/aromatic N) is 1. The third kappa shape index (κ3) is 2.87. The predicted molar refractivity (Wildman–Crippen MR) is 98.2 cm³/mol. The van der Waals surface area contributed by atoms with Crippen LogP contribution in [0.2, 0.25) is 0 Å². The quantitative estimate of drug-likeness (QED) is 0.745. The number of carbonyl (C=O) groups is 2. The molecule has 4 aliphatic carbocycles. The molecule has 2 heterocycles. The number of rotatable bonds is 3. The molecule has 0 radical (unpaired) electrons. The molecule has 144 valence electrons. The summed E-state index contributed by atoms with van der Waals surface area (Å²) >= 11 is 0. The number of nitrogens with one attached hydrogen (secondary N) is 3. The highest BCUT2D eigenvalue weighted by molar-refractivity contribution is 5.97. The fourth-order valence-corrected chi connectivity index (χ4v) is 6.37. The zero-order valence-electron chi connectivity index (χ0n) is 15.4. The van der Waals surface area contributed by atoms with E-state index in [9.17, 15) is 14.4 Å². The van der Waals surface area contributed by atoms with Gasteiger partial charge in [0.1, 0.15) is 17.4 Å². The van der Waals surface area contributed by atoms with Gasteiger partial charge in [0.2, 0.25) is 5.91 Å². The van der Waals surface area contributed by atoms with Gasteiger partial charge in [-0.15, -0.1) is 0 Å². The van der Waals surface area contributed by atoms with E-state index in [4.69, 9.17) is 0 Å². The van der Waals surface area contributed by atoms with Gasteiger partial charge in [0.05, 0.1) is 0 Å². The van der Waals surface area contributed by atoms with Crippen molar-refractivity contribution < 1.29 is 9.59 Å². The Balaban J connectivity index is 1.37. The lowest BCUT2D eigenvalue weighted by Crippen LogP contribution is -2.51. The molecule has 3 N–H and O–H groups in total. The van der Waals surface area contributed by atoms with Crippen molar-refractivity contribution in [2.45, 2.75) is 62.8 Å². The van der Waals surface area contributed by atoms with Gasteiger partial charge in [0.25, 0.3) is 11.5 Å². The second-order valence-corrected chi connectivity index (χ2v) is 9.13. The number of carbonyl (C=O) groups excluding carboxylic acids is 2. The minimum atomic E-state index is -0.575. The van der Waals surface area contributed by atoms with Gasteiger partial charge in [-0.2, -0.15) is 0 Å². The minimum absolute atomic E-state index is 0.00777. The molecule has 0 aromatic carbocycles. The maximum absolute atomic E-state index is 12.6. The van der Waals surface area contributed by atoms with Crippen LogP contribution < -0.4 is 16.2 Å². The Bertz CT molecular complexity index is 811. The van der Waals surface area contributed by atoms with Crippen molar-refractivity contribution in [2.24, 2.45) is 17.8 Å². The van der Waals surface area contributed by atoms with Gasteiger partial charge in [0.15, 0.2) is 0 Å². The van der Waals surface area contributed by atoms with Crippen LogP contribution in [0.3, 0.4) is 0 Å². The van der Waals surface area contributed by atoms with Gasteiger partial charge in [-0.25, -0.2) is 4.98 Å². The summed E-state index contributed by atoms with van der Waals surface area (Å²) in [5.41, 5.74) is -0.419. The third-order valence-electron chi connectivity index (χ3n) is 7.18. The molecule has 5 fully saturated rings. The lowest BCUT2D eigenvalue weighted by molar-refractivity contribution is -0.124. The molecule has 27 heavy (non-hydrogen) atoms. The molecule has 4 bridgehead atoms. The Hall–Kier alpha value is -2.18. The number of H-pyrrole nitrogens is 1. The first kappa shape index (κ1) is 17.0. The Kier molecular flexibility index (Phi) is 3.88. The van der Waals surface area contributed by atoms with E-state index in [2.05, 4.69) is 20.6 Å². The molecular formula is C20H26N4O3. The Morgan fingerprint density at radius 1 is 1.11 bits per heavy atom. The third-order valence-corrected chi connectivity index (χ3v) is 7.18. The first-order valence-corrected chi connectivity index (χ1v) is 10.2. The fraction of sp³-hybridized carbons (Fsp3) is 0.700. The van der Waals surface area contributed by atoms with Gasteiger partial charge in [-0.05, 0) is 69.1 Å². The topological polar surface area (TPSA) is 104 Å². The number of amides is 2. The Labute approximate surface area is 157 Å². The highest BCUT2D eigenvalue weighted by Crippen LogP contribution is 2.59. The Morgan fingerprint density at radius 2 is 1.78 bits per heavy atom. The summed E-state index contributed by atoms with van der Waals surface area (Å²) in [6.45, 7) is 0.632. The van der Waals surface area contributed by atoms with E-state index in [0.717, 1.165) is 49.3 Å². The predicted octanol–water partition coefficient (Wildman–Crippen LogP) is 1.25. The number of hydrogen-bond acceptors (Lipinski definition) is 4. The van der Waals surface area contributed by atoms with Crippen molar-refractivity contribution in [3.05, 3.63) is 27.9 Å². The van der Waals surface area contributed by atoms with E-state index in [0.29, 0.717) is 13.0 Å². The normalized spacial score (nSPS) is 37.1. The summed E-state index contributed by atoms with van der Waals surface area (Å²) in [6.07, 6.45) is 10.1. The SMILES string of the molecule is O=C(N[C@@H]1CCCNC1=O)c1cnc(C23CC4CC(CC(C4)C2)C3)[nH]c1=O. The second kappa shape index (κ2) is 6.17. The molecule has 1 aromatic heterocycles. The monoisotopic (exact) mass is 370 g/mol. The van der Waals surface area contributed by atoms with Crippen LogP contribution in [-0.2, 0) is 10.2 Å². The summed E-state index contributed by atoms with van der Waals surface area (Å²) in [7, 11) is 0. The van der Waals surface area contributed by atoms with Crippen LogP contribution in [0.5, 0.6) is 0 Å². The molecule has 2 amide bonds. The van der Waals surface area contributed by atoms with Gasteiger partial charge in [-0.3, -0.25) is 14.4 Å². The molecule has 1 aromatic rings. The van der Waals surface area contributed by atoms with Crippen LogP contribution in [0.15, 0.2) is 11.0 Å². The molecule has 6 rings (SSSR count). The van der Waals surface area contributed by atoms with Crippen molar-refractivity contribution in [2.75, 3.05) is 6.54 Å². The molecular weight excluding hydrogens is 344 g/mol. The molecule has 1 aliphatic heterocycles. The maximum Gasteiger partial charge on any atom is 0.263 e. The van der Waals surface area contributed by atoms with E-state index in [1.54, 1.807) is 0 Å². The molecule has 4 saturated carbocycles. The van der Waals surface area contributed by atoms with Crippen molar-refractivity contribution in [1.29, 1.82) is 0 Å². The summed E-state index contributed by atoms with van der Waals surface area (Å²) in [5.74, 6) is 2.32. The number of aromatic nitrogens is 2. The maximum atomic E-state index is 12.6. The smallest absolute Gasteiger partial charge is 0.263 e. The lowest BCUT2D eigenvalue weighted by Gasteiger charge is -2.56. The van der Waals surface area contributed by atoms with Crippen LogP contribution in [0, 0.1) is 17.8 Å². The van der Waals surface area contributed by atoms with Crippen LogP contribution in [0.4, 0.5) is 0 Å². The first-order chi connectivity index (χ1) is 13.0. The van der Waals surface area contributed by atoms with Gasteiger partial charge in [0, 0.05) is 18.2 Å². The van der Waals surface area contributed by atoms with E-state index in [1.165, 1.54) is 25.5 Å². The Morgan fingerprint density at radius 3 is 2.37 bits per heavy atom. The zero-order valence-corrected chi connectivity index (χ0v) is 15.4. The molecule has 7 heteroatoms. The molecule has 1 atom stereocenters. The summed E-state index contributed by atoms with van der Waals surface area (Å²) < 4.78 is 0. The number of hydrogen-bond donors (Lipinski definition) is 3. The van der Waals surface area contributed by atoms with Gasteiger partial charge >= 0.3 is 0 Å². The molecule has 5 aliphatic rings. The van der Waals surface area contributed by atoms with Crippen LogP contribution in [0.1, 0.15) is 67.5 Å². The molecule has 0 unspecified atom stereocenters. The lowest BCUT2D eigenvalue weighted by atomic mass is 9.49. The van der Waals surface area contributed by atoms with Crippen LogP contribution in [0.25, 0.3) is 0 Å². The highest BCUT2D eigenvalue weighted by atomic mass is 16.2. The molecule has 7 nitrogen and oxygen atoms in total. The van der Waals surface area contributed by atoms with E-state index in [-0.39, 0.29) is 16.9 Å². The zero-order chi connectivity index (χ0) is 18.6. The second-order valence-electron chi connectivity index (χ2n) is 9.13. The number of aromatic amines is 1. The van der Waals surface area contributed by atoms with Crippen molar-refractivity contribution in [3.8, 4) is 0 Å². The van der Waals surface area contributed by atoms with E-state index in [1.807, 2.05) is 0 Å². The average molecular weight is 370 g/mol. The average Bonchev–Trinajstić information content (AvgIpc) is 2.62. The highest BCUT2D eigenvalue weighted by Gasteiger charge is 2.53. The van der Waals surface area contributed by atoms with Gasteiger partial charge in [-0.1, -0.05) is 0 Å².